The third kappa shape index (κ3) is 3.04. The number of rotatable bonds is 3. The van der Waals surface area contributed by atoms with Crippen molar-refractivity contribution in [1.29, 1.82) is 0 Å². The zero-order chi connectivity index (χ0) is 13.2. The van der Waals surface area contributed by atoms with Gasteiger partial charge in [-0.15, -0.1) is 0 Å². The van der Waals surface area contributed by atoms with Crippen LogP contribution >= 0.6 is 27.5 Å². The lowest BCUT2D eigenvalue weighted by atomic mass is 10.0. The van der Waals surface area contributed by atoms with E-state index >= 15 is 0 Å². The predicted molar refractivity (Wildman–Crippen MR) is 85.3 cm³/mol. The zero-order valence-electron chi connectivity index (χ0n) is 10.7. The molecule has 3 rings (SSSR count). The van der Waals surface area contributed by atoms with E-state index in [1.807, 2.05) is 18.2 Å². The van der Waals surface area contributed by atoms with Crippen LogP contribution in [0.1, 0.15) is 33.5 Å². The van der Waals surface area contributed by atoms with Gasteiger partial charge in [0.1, 0.15) is 0 Å². The second-order valence-corrected chi connectivity index (χ2v) is 6.73. The Hall–Kier alpha value is -0.790. The molecule has 1 aliphatic rings. The van der Waals surface area contributed by atoms with Gasteiger partial charge in [-0.1, -0.05) is 57.9 Å². The zero-order valence-corrected chi connectivity index (χ0v) is 13.0. The van der Waals surface area contributed by atoms with Crippen LogP contribution in [0, 0.1) is 0 Å². The van der Waals surface area contributed by atoms with E-state index in [2.05, 4.69) is 40.2 Å². The Kier molecular flexibility index (Phi) is 3.95. The lowest BCUT2D eigenvalue weighted by molar-refractivity contribution is 0.910. The van der Waals surface area contributed by atoms with Gasteiger partial charge in [0.25, 0.3) is 0 Å². The average Bonchev–Trinajstić information content (AvgIpc) is 2.85. The van der Waals surface area contributed by atoms with Gasteiger partial charge < -0.3 is 0 Å². The molecule has 0 amide bonds. The summed E-state index contributed by atoms with van der Waals surface area (Å²) in [5.74, 6) is 0. The normalized spacial score (nSPS) is 15.3. The summed E-state index contributed by atoms with van der Waals surface area (Å²) in [4.78, 5) is 0.358. The van der Waals surface area contributed by atoms with Crippen molar-refractivity contribution in [1.82, 2.24) is 0 Å². The summed E-state index contributed by atoms with van der Waals surface area (Å²) in [5, 5.41) is 0.811. The second kappa shape index (κ2) is 5.68. The van der Waals surface area contributed by atoms with E-state index < -0.39 is 0 Å². The lowest BCUT2D eigenvalue weighted by Crippen LogP contribution is -1.97. The molecule has 0 aromatic heterocycles. The minimum Gasteiger partial charge on any atom is -0.0843 e. The standard InChI is InChI=1S/C17H16BrCl/c18-17(10-12-3-1-6-16(19)9-12)15-8-7-13-4-2-5-14(13)11-15/h1,3,6-9,11,17H,2,4-5,10H2. The molecule has 2 aromatic carbocycles. The summed E-state index contributed by atoms with van der Waals surface area (Å²) in [5.41, 5.74) is 5.72. The first kappa shape index (κ1) is 13.2. The van der Waals surface area contributed by atoms with E-state index in [0.29, 0.717) is 4.83 Å². The number of benzene rings is 2. The molecule has 0 bridgehead atoms. The Morgan fingerprint density at radius 1 is 1.05 bits per heavy atom. The number of alkyl halides is 1. The predicted octanol–water partition coefficient (Wildman–Crippen LogP) is 5.51. The number of halogens is 2. The molecule has 1 aliphatic carbocycles. The summed E-state index contributed by atoms with van der Waals surface area (Å²) in [6, 6.07) is 15.0. The lowest BCUT2D eigenvalue weighted by Gasteiger charge is -2.12. The van der Waals surface area contributed by atoms with E-state index in [0.717, 1.165) is 11.4 Å². The monoisotopic (exact) mass is 334 g/mol. The Balaban J connectivity index is 1.78. The SMILES string of the molecule is Clc1cccc(CC(Br)c2ccc3c(c2)CCC3)c1. The summed E-state index contributed by atoms with van der Waals surface area (Å²) < 4.78 is 0. The number of aryl methyl sites for hydroxylation is 2. The third-order valence-corrected chi connectivity index (χ3v) is 4.88. The number of fused-ring (bicyclic) bond motifs is 1. The molecule has 0 fully saturated rings. The summed E-state index contributed by atoms with van der Waals surface area (Å²) in [7, 11) is 0. The molecule has 0 heterocycles. The van der Waals surface area contributed by atoms with Crippen molar-refractivity contribution in [3.05, 3.63) is 69.7 Å². The molecular weight excluding hydrogens is 320 g/mol. The number of hydrogen-bond acceptors (Lipinski definition) is 0. The molecule has 0 spiro atoms. The highest BCUT2D eigenvalue weighted by Crippen LogP contribution is 2.31. The molecule has 0 aliphatic heterocycles. The van der Waals surface area contributed by atoms with Gasteiger partial charge in [-0.25, -0.2) is 0 Å². The van der Waals surface area contributed by atoms with Crippen molar-refractivity contribution in [2.24, 2.45) is 0 Å². The Bertz CT molecular complexity index is 592. The summed E-state index contributed by atoms with van der Waals surface area (Å²) >= 11 is 9.85. The highest BCUT2D eigenvalue weighted by Gasteiger charge is 2.14. The molecular formula is C17H16BrCl. The maximum atomic E-state index is 6.04. The van der Waals surface area contributed by atoms with E-state index in [9.17, 15) is 0 Å². The molecule has 1 atom stereocenters. The Labute approximate surface area is 127 Å². The van der Waals surface area contributed by atoms with E-state index in [4.69, 9.17) is 11.6 Å². The summed E-state index contributed by atoms with van der Waals surface area (Å²) in [6.07, 6.45) is 4.76. The fraction of sp³-hybridized carbons (Fsp3) is 0.294. The minimum absolute atomic E-state index is 0.358. The van der Waals surface area contributed by atoms with Crippen molar-refractivity contribution in [2.45, 2.75) is 30.5 Å². The van der Waals surface area contributed by atoms with Crippen LogP contribution in [0.4, 0.5) is 0 Å². The van der Waals surface area contributed by atoms with Crippen LogP contribution < -0.4 is 0 Å². The molecule has 0 saturated carbocycles. The van der Waals surface area contributed by atoms with Gasteiger partial charge in [0.05, 0.1) is 0 Å². The molecule has 0 saturated heterocycles. The molecule has 98 valence electrons. The van der Waals surface area contributed by atoms with Crippen LogP contribution in [-0.4, -0.2) is 0 Å². The van der Waals surface area contributed by atoms with Crippen molar-refractivity contribution in [3.8, 4) is 0 Å². The Morgan fingerprint density at radius 3 is 2.74 bits per heavy atom. The largest absolute Gasteiger partial charge is 0.0843 e. The first-order valence-electron chi connectivity index (χ1n) is 6.72. The fourth-order valence-corrected chi connectivity index (χ4v) is 3.65. The van der Waals surface area contributed by atoms with Gasteiger partial charge in [0.2, 0.25) is 0 Å². The molecule has 0 N–H and O–H groups in total. The smallest absolute Gasteiger partial charge is 0.0435 e. The van der Waals surface area contributed by atoms with Gasteiger partial charge in [-0.2, -0.15) is 0 Å². The van der Waals surface area contributed by atoms with Gasteiger partial charge in [-0.05, 0) is 60.1 Å². The average molecular weight is 336 g/mol. The molecule has 0 radical (unpaired) electrons. The highest BCUT2D eigenvalue weighted by molar-refractivity contribution is 9.09. The van der Waals surface area contributed by atoms with Crippen LogP contribution in [0.3, 0.4) is 0 Å². The maximum absolute atomic E-state index is 6.04. The topological polar surface area (TPSA) is 0 Å². The molecule has 2 aromatic rings. The maximum Gasteiger partial charge on any atom is 0.0435 e. The van der Waals surface area contributed by atoms with Crippen molar-refractivity contribution < 1.29 is 0 Å². The van der Waals surface area contributed by atoms with Crippen LogP contribution in [0.15, 0.2) is 42.5 Å². The quantitative estimate of drug-likeness (QED) is 0.649. The highest BCUT2D eigenvalue weighted by atomic mass is 79.9. The first-order valence-corrected chi connectivity index (χ1v) is 8.02. The van der Waals surface area contributed by atoms with Gasteiger partial charge in [0.15, 0.2) is 0 Å². The first-order chi connectivity index (χ1) is 9.22. The van der Waals surface area contributed by atoms with Gasteiger partial charge in [-0.3, -0.25) is 0 Å². The van der Waals surface area contributed by atoms with Crippen molar-refractivity contribution >= 4 is 27.5 Å². The van der Waals surface area contributed by atoms with Crippen molar-refractivity contribution in [2.75, 3.05) is 0 Å². The van der Waals surface area contributed by atoms with Crippen LogP contribution in [-0.2, 0) is 19.3 Å². The minimum atomic E-state index is 0.358. The third-order valence-electron chi connectivity index (χ3n) is 3.79. The molecule has 0 nitrogen and oxygen atoms in total. The van der Waals surface area contributed by atoms with Gasteiger partial charge >= 0.3 is 0 Å². The van der Waals surface area contributed by atoms with E-state index in [-0.39, 0.29) is 0 Å². The number of hydrogen-bond donors (Lipinski definition) is 0. The van der Waals surface area contributed by atoms with Crippen LogP contribution in [0.25, 0.3) is 0 Å². The van der Waals surface area contributed by atoms with Crippen LogP contribution in [0.2, 0.25) is 5.02 Å². The molecule has 19 heavy (non-hydrogen) atoms. The van der Waals surface area contributed by atoms with Crippen molar-refractivity contribution in [3.63, 3.8) is 0 Å². The van der Waals surface area contributed by atoms with Gasteiger partial charge in [0, 0.05) is 9.85 Å². The van der Waals surface area contributed by atoms with E-state index in [1.165, 1.54) is 41.5 Å². The second-order valence-electron chi connectivity index (χ2n) is 5.18. The summed E-state index contributed by atoms with van der Waals surface area (Å²) in [6.45, 7) is 0. The molecule has 1 unspecified atom stereocenters. The Morgan fingerprint density at radius 2 is 1.89 bits per heavy atom. The van der Waals surface area contributed by atoms with E-state index in [1.54, 1.807) is 0 Å². The fourth-order valence-electron chi connectivity index (χ4n) is 2.78. The van der Waals surface area contributed by atoms with Crippen LogP contribution in [0.5, 0.6) is 0 Å². The molecule has 2 heteroatoms.